The normalized spacial score (nSPS) is 22.4. The highest BCUT2D eigenvalue weighted by Gasteiger charge is 2.36. The SMILES string of the molecule is Fc1cc([C@H](C2CCCC2)N2CCNCC2)cc(C(F)(F)F)c1. The largest absolute Gasteiger partial charge is 0.416 e. The van der Waals surface area contributed by atoms with Gasteiger partial charge in [0, 0.05) is 32.2 Å². The first-order valence-corrected chi connectivity index (χ1v) is 8.27. The first kappa shape index (κ1) is 16.7. The molecule has 1 heterocycles. The quantitative estimate of drug-likeness (QED) is 0.844. The van der Waals surface area contributed by atoms with Crippen LogP contribution in [-0.2, 0) is 6.18 Å². The molecule has 6 heteroatoms. The summed E-state index contributed by atoms with van der Waals surface area (Å²) in [6.07, 6.45) is -0.289. The third-order valence-corrected chi connectivity index (χ3v) is 4.98. The Balaban J connectivity index is 1.96. The van der Waals surface area contributed by atoms with Gasteiger partial charge in [-0.15, -0.1) is 0 Å². The summed E-state index contributed by atoms with van der Waals surface area (Å²) in [4.78, 5) is 2.22. The summed E-state index contributed by atoms with van der Waals surface area (Å²) in [6, 6.07) is 2.91. The van der Waals surface area contributed by atoms with Crippen molar-refractivity contribution in [2.24, 2.45) is 5.92 Å². The summed E-state index contributed by atoms with van der Waals surface area (Å²) in [5.74, 6) is -0.482. The van der Waals surface area contributed by atoms with Crippen LogP contribution in [0.15, 0.2) is 18.2 Å². The van der Waals surface area contributed by atoms with Crippen molar-refractivity contribution < 1.29 is 17.6 Å². The fourth-order valence-electron chi connectivity index (χ4n) is 3.96. The molecule has 1 atom stereocenters. The molecule has 1 saturated heterocycles. The lowest BCUT2D eigenvalue weighted by molar-refractivity contribution is -0.137. The lowest BCUT2D eigenvalue weighted by Crippen LogP contribution is -2.46. The van der Waals surface area contributed by atoms with Gasteiger partial charge in [-0.05, 0) is 42.5 Å². The van der Waals surface area contributed by atoms with E-state index in [0.29, 0.717) is 17.5 Å². The number of nitrogens with zero attached hydrogens (tertiary/aromatic N) is 1. The van der Waals surface area contributed by atoms with Gasteiger partial charge in [0.2, 0.25) is 0 Å². The molecular formula is C17H22F4N2. The van der Waals surface area contributed by atoms with Gasteiger partial charge >= 0.3 is 6.18 Å². The fourth-order valence-corrected chi connectivity index (χ4v) is 3.96. The number of alkyl halides is 3. The standard InChI is InChI=1S/C17H22F4N2/c18-15-10-13(9-14(11-15)17(19,20)21)16(12-3-1-2-4-12)23-7-5-22-6-8-23/h9-12,16,22H,1-8H2/t16-/m0/s1. The van der Waals surface area contributed by atoms with Crippen molar-refractivity contribution in [1.29, 1.82) is 0 Å². The highest BCUT2D eigenvalue weighted by atomic mass is 19.4. The molecule has 0 spiro atoms. The number of benzene rings is 1. The van der Waals surface area contributed by atoms with Crippen LogP contribution in [0.1, 0.15) is 42.9 Å². The second-order valence-electron chi connectivity index (χ2n) is 6.55. The minimum atomic E-state index is -4.51. The average Bonchev–Trinajstić information content (AvgIpc) is 3.01. The molecule has 1 aliphatic heterocycles. The minimum Gasteiger partial charge on any atom is -0.314 e. The number of nitrogens with one attached hydrogen (secondary N) is 1. The highest BCUT2D eigenvalue weighted by molar-refractivity contribution is 5.30. The lowest BCUT2D eigenvalue weighted by Gasteiger charge is -2.39. The van der Waals surface area contributed by atoms with Crippen LogP contribution in [0.3, 0.4) is 0 Å². The van der Waals surface area contributed by atoms with E-state index < -0.39 is 17.6 Å². The topological polar surface area (TPSA) is 15.3 Å². The van der Waals surface area contributed by atoms with E-state index in [0.717, 1.165) is 57.9 Å². The van der Waals surface area contributed by atoms with Gasteiger partial charge in [0.25, 0.3) is 0 Å². The summed E-state index contributed by atoms with van der Waals surface area (Å²) in [5, 5.41) is 3.26. The Morgan fingerprint density at radius 2 is 1.70 bits per heavy atom. The molecule has 2 nitrogen and oxygen atoms in total. The van der Waals surface area contributed by atoms with Crippen LogP contribution in [0, 0.1) is 11.7 Å². The van der Waals surface area contributed by atoms with Gasteiger partial charge in [-0.2, -0.15) is 13.2 Å². The van der Waals surface area contributed by atoms with Gasteiger partial charge in [0.15, 0.2) is 0 Å². The summed E-state index contributed by atoms with van der Waals surface area (Å²) in [7, 11) is 0. The minimum absolute atomic E-state index is 0.114. The Morgan fingerprint density at radius 1 is 1.04 bits per heavy atom. The Bertz CT molecular complexity index is 532. The molecule has 0 aromatic heterocycles. The molecular weight excluding hydrogens is 308 g/mol. The molecule has 1 aliphatic carbocycles. The van der Waals surface area contributed by atoms with Gasteiger partial charge in [0.1, 0.15) is 5.82 Å². The van der Waals surface area contributed by atoms with E-state index >= 15 is 0 Å². The molecule has 0 radical (unpaired) electrons. The van der Waals surface area contributed by atoms with Crippen molar-refractivity contribution in [3.8, 4) is 0 Å². The Morgan fingerprint density at radius 3 is 2.30 bits per heavy atom. The predicted molar refractivity (Wildman–Crippen MR) is 80.5 cm³/mol. The van der Waals surface area contributed by atoms with Crippen LogP contribution >= 0.6 is 0 Å². The van der Waals surface area contributed by atoms with Crippen molar-refractivity contribution in [2.45, 2.75) is 37.9 Å². The van der Waals surface area contributed by atoms with Crippen molar-refractivity contribution >= 4 is 0 Å². The van der Waals surface area contributed by atoms with Gasteiger partial charge in [0.05, 0.1) is 5.56 Å². The monoisotopic (exact) mass is 330 g/mol. The Hall–Kier alpha value is -1.14. The van der Waals surface area contributed by atoms with Gasteiger partial charge in [-0.1, -0.05) is 12.8 Å². The van der Waals surface area contributed by atoms with E-state index in [1.807, 2.05) is 0 Å². The molecule has 2 fully saturated rings. The van der Waals surface area contributed by atoms with Gasteiger partial charge in [-0.25, -0.2) is 4.39 Å². The van der Waals surface area contributed by atoms with Crippen LogP contribution in [0.25, 0.3) is 0 Å². The summed E-state index contributed by atoms with van der Waals surface area (Å²) < 4.78 is 53.0. The number of halogens is 4. The maximum Gasteiger partial charge on any atom is 0.416 e. The highest BCUT2D eigenvalue weighted by Crippen LogP contribution is 2.41. The zero-order valence-electron chi connectivity index (χ0n) is 13.0. The predicted octanol–water partition coefficient (Wildman–Crippen LogP) is 3.98. The molecule has 128 valence electrons. The van der Waals surface area contributed by atoms with E-state index in [9.17, 15) is 17.6 Å². The lowest BCUT2D eigenvalue weighted by atomic mass is 9.88. The first-order chi connectivity index (χ1) is 10.9. The average molecular weight is 330 g/mol. The Kier molecular flexibility index (Phi) is 4.92. The molecule has 0 unspecified atom stereocenters. The van der Waals surface area contributed by atoms with Crippen LogP contribution in [0.5, 0.6) is 0 Å². The molecule has 0 bridgehead atoms. The molecule has 0 amide bonds. The van der Waals surface area contributed by atoms with Gasteiger partial charge < -0.3 is 5.32 Å². The second-order valence-corrected chi connectivity index (χ2v) is 6.55. The maximum absolute atomic E-state index is 13.8. The molecule has 1 saturated carbocycles. The van der Waals surface area contributed by atoms with E-state index in [4.69, 9.17) is 0 Å². The molecule has 23 heavy (non-hydrogen) atoms. The number of hydrogen-bond acceptors (Lipinski definition) is 2. The zero-order chi connectivity index (χ0) is 16.4. The van der Waals surface area contributed by atoms with Crippen LogP contribution in [0.2, 0.25) is 0 Å². The van der Waals surface area contributed by atoms with Crippen molar-refractivity contribution in [3.05, 3.63) is 35.1 Å². The third-order valence-electron chi connectivity index (χ3n) is 4.98. The summed E-state index contributed by atoms with van der Waals surface area (Å²) >= 11 is 0. The maximum atomic E-state index is 13.8. The first-order valence-electron chi connectivity index (χ1n) is 8.27. The van der Waals surface area contributed by atoms with Gasteiger partial charge in [-0.3, -0.25) is 4.90 Å². The summed E-state index contributed by atoms with van der Waals surface area (Å²) in [5.41, 5.74) is -0.406. The van der Waals surface area contributed by atoms with Crippen molar-refractivity contribution in [3.63, 3.8) is 0 Å². The van der Waals surface area contributed by atoms with Crippen LogP contribution < -0.4 is 5.32 Å². The number of hydrogen-bond donors (Lipinski definition) is 1. The number of piperazine rings is 1. The Labute approximate surface area is 133 Å². The van der Waals surface area contributed by atoms with E-state index in [1.165, 1.54) is 6.07 Å². The van der Waals surface area contributed by atoms with E-state index in [1.54, 1.807) is 0 Å². The smallest absolute Gasteiger partial charge is 0.314 e. The van der Waals surface area contributed by atoms with Crippen molar-refractivity contribution in [1.82, 2.24) is 10.2 Å². The zero-order valence-corrected chi connectivity index (χ0v) is 13.0. The molecule has 1 aromatic rings. The second kappa shape index (κ2) is 6.77. The van der Waals surface area contributed by atoms with E-state index in [2.05, 4.69) is 10.2 Å². The van der Waals surface area contributed by atoms with E-state index in [-0.39, 0.29) is 6.04 Å². The molecule has 3 rings (SSSR count). The van der Waals surface area contributed by atoms with Crippen LogP contribution in [0.4, 0.5) is 17.6 Å². The molecule has 2 aliphatic rings. The number of rotatable bonds is 3. The summed E-state index contributed by atoms with van der Waals surface area (Å²) in [6.45, 7) is 3.23. The van der Waals surface area contributed by atoms with Crippen molar-refractivity contribution in [2.75, 3.05) is 26.2 Å². The molecule has 1 N–H and O–H groups in total. The van der Waals surface area contributed by atoms with Crippen LogP contribution in [-0.4, -0.2) is 31.1 Å². The fraction of sp³-hybridized carbons (Fsp3) is 0.647. The molecule has 1 aromatic carbocycles. The third kappa shape index (κ3) is 3.86.